The van der Waals surface area contributed by atoms with Crippen molar-refractivity contribution in [1.29, 1.82) is 0 Å². The molecule has 2 fully saturated rings. The van der Waals surface area contributed by atoms with Crippen molar-refractivity contribution in [3.63, 3.8) is 0 Å². The first-order valence-electron chi connectivity index (χ1n) is 19.3. The van der Waals surface area contributed by atoms with Gasteiger partial charge in [0, 0.05) is 38.5 Å². The number of ether oxygens (including phenoxy) is 4. The van der Waals surface area contributed by atoms with E-state index in [0.717, 1.165) is 51.4 Å². The van der Waals surface area contributed by atoms with Crippen molar-refractivity contribution >= 4 is 11.9 Å². The monoisotopic (exact) mass is 647 g/mol. The number of unbranched alkanes of at least 4 members (excludes halogenated alkanes) is 15. The van der Waals surface area contributed by atoms with Gasteiger partial charge in [-0.1, -0.05) is 142 Å². The second kappa shape index (κ2) is 24.2. The Balaban J connectivity index is 1.35. The molecule has 266 valence electrons. The molecule has 0 spiro atoms. The molecule has 0 aromatic heterocycles. The second-order valence-electron chi connectivity index (χ2n) is 14.4. The Morgan fingerprint density at radius 1 is 0.500 bits per heavy atom. The summed E-state index contributed by atoms with van der Waals surface area (Å²) in [5.74, 6) is -1.49. The largest absolute Gasteiger partial charge is 0.460 e. The first-order chi connectivity index (χ1) is 22.3. The minimum Gasteiger partial charge on any atom is -0.460 e. The summed E-state index contributed by atoms with van der Waals surface area (Å²) in [6.07, 6.45) is 34.7. The Bertz CT molecular complexity index is 762. The minimum atomic E-state index is -0.864. The van der Waals surface area contributed by atoms with Gasteiger partial charge in [-0.25, -0.2) is 0 Å². The zero-order valence-electron chi connectivity index (χ0n) is 30.0. The van der Waals surface area contributed by atoms with Gasteiger partial charge in [-0.2, -0.15) is 0 Å². The van der Waals surface area contributed by atoms with Crippen LogP contribution in [0.1, 0.15) is 194 Å². The summed E-state index contributed by atoms with van der Waals surface area (Å²) in [6.45, 7) is 11.2. The fraction of sp³-hybridized carbons (Fsp3) is 0.850. The molecule has 0 bridgehead atoms. The average molecular weight is 647 g/mol. The molecule has 46 heavy (non-hydrogen) atoms. The molecule has 0 aromatic rings. The fourth-order valence-electron chi connectivity index (χ4n) is 7.56. The first-order valence-corrected chi connectivity index (χ1v) is 19.3. The molecule has 2 saturated carbocycles. The Kier molecular flexibility index (Phi) is 21.2. The number of rotatable bonds is 27. The highest BCUT2D eigenvalue weighted by Crippen LogP contribution is 2.37. The van der Waals surface area contributed by atoms with Crippen LogP contribution in [0.15, 0.2) is 25.7 Å². The molecule has 6 nitrogen and oxygen atoms in total. The van der Waals surface area contributed by atoms with Crippen LogP contribution in [0.2, 0.25) is 0 Å². The van der Waals surface area contributed by atoms with Gasteiger partial charge in [0.2, 0.25) is 0 Å². The fourth-order valence-corrected chi connectivity index (χ4v) is 7.56. The Hall–Kier alpha value is -1.98. The molecule has 2 unspecified atom stereocenters. The van der Waals surface area contributed by atoms with Crippen molar-refractivity contribution in [2.75, 3.05) is 0 Å². The summed E-state index contributed by atoms with van der Waals surface area (Å²) in [5.41, 5.74) is 0. The van der Waals surface area contributed by atoms with Gasteiger partial charge in [-0.05, 0) is 38.5 Å². The van der Waals surface area contributed by atoms with E-state index >= 15 is 0 Å². The maximum Gasteiger partial charge on any atom is 0.309 e. The summed E-state index contributed by atoms with van der Waals surface area (Å²) in [6, 6.07) is 0. The highest BCUT2D eigenvalue weighted by atomic mass is 16.7. The lowest BCUT2D eigenvalue weighted by molar-refractivity contribution is -0.230. The van der Waals surface area contributed by atoms with E-state index in [1.165, 1.54) is 128 Å². The van der Waals surface area contributed by atoms with Gasteiger partial charge in [-0.3, -0.25) is 9.59 Å². The van der Waals surface area contributed by atoms with Crippen LogP contribution in [-0.4, -0.2) is 23.5 Å². The van der Waals surface area contributed by atoms with Crippen molar-refractivity contribution in [1.82, 2.24) is 0 Å². The number of hydrogen-bond acceptors (Lipinski definition) is 6. The number of esters is 2. The molecule has 0 N–H and O–H groups in total. The summed E-state index contributed by atoms with van der Waals surface area (Å²) in [5, 5.41) is 0. The van der Waals surface area contributed by atoms with E-state index in [4.69, 9.17) is 18.9 Å². The first kappa shape index (κ1) is 40.2. The Labute approximate surface area is 282 Å². The lowest BCUT2D eigenvalue weighted by atomic mass is 9.83. The highest BCUT2D eigenvalue weighted by molar-refractivity contribution is 5.70. The second-order valence-corrected chi connectivity index (χ2v) is 14.4. The maximum atomic E-state index is 12.5. The van der Waals surface area contributed by atoms with Gasteiger partial charge < -0.3 is 18.9 Å². The van der Waals surface area contributed by atoms with Crippen LogP contribution in [0.25, 0.3) is 0 Å². The summed E-state index contributed by atoms with van der Waals surface area (Å²) >= 11 is 0. The Morgan fingerprint density at radius 2 is 0.761 bits per heavy atom. The average Bonchev–Trinajstić information content (AvgIpc) is 3.05. The van der Waals surface area contributed by atoms with Crippen LogP contribution in [0.3, 0.4) is 0 Å². The van der Waals surface area contributed by atoms with E-state index in [1.807, 2.05) is 13.8 Å². The smallest absolute Gasteiger partial charge is 0.309 e. The van der Waals surface area contributed by atoms with E-state index in [9.17, 15) is 9.59 Å². The van der Waals surface area contributed by atoms with Crippen molar-refractivity contribution in [2.45, 2.75) is 205 Å². The van der Waals surface area contributed by atoms with Gasteiger partial charge in [0.05, 0.1) is 12.5 Å². The maximum absolute atomic E-state index is 12.5. The normalized spacial score (nSPS) is 18.6. The van der Waals surface area contributed by atoms with Crippen LogP contribution in [0, 0.1) is 11.8 Å². The molecule has 2 aliphatic carbocycles. The topological polar surface area (TPSA) is 71.1 Å². The van der Waals surface area contributed by atoms with Gasteiger partial charge in [0.25, 0.3) is 11.6 Å². The lowest BCUT2D eigenvalue weighted by Crippen LogP contribution is -2.42. The molecule has 0 amide bonds. The van der Waals surface area contributed by atoms with Crippen LogP contribution in [0.4, 0.5) is 0 Å². The van der Waals surface area contributed by atoms with Crippen LogP contribution in [0.5, 0.6) is 0 Å². The summed E-state index contributed by atoms with van der Waals surface area (Å²) < 4.78 is 23.1. The molecular formula is C40H70O6. The molecule has 2 aliphatic rings. The molecule has 0 saturated heterocycles. The number of carbonyl (C=O) groups is 2. The van der Waals surface area contributed by atoms with Crippen molar-refractivity contribution in [3.8, 4) is 0 Å². The van der Waals surface area contributed by atoms with Crippen molar-refractivity contribution in [2.24, 2.45) is 11.8 Å². The van der Waals surface area contributed by atoms with Crippen LogP contribution >= 0.6 is 0 Å². The standard InChI is InChI=1S/C40H70O6/c1-5-43-39(3,35-29-23-21-24-30-35)45-37(41)33-27-19-17-15-13-11-9-7-8-10-12-14-16-18-20-28-34-38(42)46-40(4,44-6-2)36-31-25-22-26-32-36/h5-6,35-36H,1-2,7-34H2,3-4H3. The number of carbonyl (C=O) groups excluding carboxylic acids is 2. The third-order valence-corrected chi connectivity index (χ3v) is 10.5. The van der Waals surface area contributed by atoms with Gasteiger partial charge >= 0.3 is 11.9 Å². The van der Waals surface area contributed by atoms with Gasteiger partial charge in [0.1, 0.15) is 0 Å². The summed E-state index contributed by atoms with van der Waals surface area (Å²) in [7, 11) is 0. The SMILES string of the molecule is C=COC(C)(OC(=O)CCCCCCCCCCCCCCCCCCC(=O)OC(C)(OC=C)C1CCCCC1)C1CCCCC1. The van der Waals surface area contributed by atoms with E-state index in [-0.39, 0.29) is 23.8 Å². The van der Waals surface area contributed by atoms with E-state index in [1.54, 1.807) is 0 Å². The molecule has 6 heteroatoms. The third kappa shape index (κ3) is 16.7. The molecular weight excluding hydrogens is 576 g/mol. The molecule has 0 radical (unpaired) electrons. The zero-order valence-corrected chi connectivity index (χ0v) is 30.0. The highest BCUT2D eigenvalue weighted by Gasteiger charge is 2.41. The number of hydrogen-bond donors (Lipinski definition) is 0. The predicted octanol–water partition coefficient (Wildman–Crippen LogP) is 12.0. The predicted molar refractivity (Wildman–Crippen MR) is 188 cm³/mol. The summed E-state index contributed by atoms with van der Waals surface area (Å²) in [4.78, 5) is 25.0. The molecule has 2 rings (SSSR count). The van der Waals surface area contributed by atoms with Crippen molar-refractivity contribution < 1.29 is 28.5 Å². The third-order valence-electron chi connectivity index (χ3n) is 10.5. The van der Waals surface area contributed by atoms with E-state index in [0.29, 0.717) is 12.8 Å². The van der Waals surface area contributed by atoms with E-state index in [2.05, 4.69) is 13.2 Å². The molecule has 0 heterocycles. The Morgan fingerprint density at radius 3 is 1.02 bits per heavy atom. The van der Waals surface area contributed by atoms with E-state index < -0.39 is 11.6 Å². The molecule has 0 aliphatic heterocycles. The van der Waals surface area contributed by atoms with Crippen molar-refractivity contribution in [3.05, 3.63) is 25.7 Å². The molecule has 2 atom stereocenters. The van der Waals surface area contributed by atoms with Crippen LogP contribution < -0.4 is 0 Å². The van der Waals surface area contributed by atoms with Gasteiger partial charge in [-0.15, -0.1) is 0 Å². The molecule has 0 aromatic carbocycles. The lowest BCUT2D eigenvalue weighted by Gasteiger charge is -2.38. The minimum absolute atomic E-state index is 0.139. The van der Waals surface area contributed by atoms with Gasteiger partial charge in [0.15, 0.2) is 0 Å². The van der Waals surface area contributed by atoms with Crippen LogP contribution in [-0.2, 0) is 28.5 Å². The quantitative estimate of drug-likeness (QED) is 0.0383. The zero-order chi connectivity index (χ0) is 33.4.